The van der Waals surface area contributed by atoms with Crippen molar-refractivity contribution in [2.24, 2.45) is 0 Å². The number of carbonyl (C=O) groups excluding carboxylic acids is 1. The molecule has 180 valence electrons. The lowest BCUT2D eigenvalue weighted by atomic mass is 10.0. The molecular weight excluding hydrogens is 442 g/mol. The van der Waals surface area contributed by atoms with E-state index in [2.05, 4.69) is 82.7 Å². The molecular formula is C32H31N3O. The minimum Gasteiger partial charge on any atom is -0.356 e. The van der Waals surface area contributed by atoms with Crippen molar-refractivity contribution in [2.75, 3.05) is 6.54 Å². The summed E-state index contributed by atoms with van der Waals surface area (Å²) in [4.78, 5) is 17.4. The molecule has 5 rings (SSSR count). The molecule has 0 aliphatic rings. The molecule has 0 aliphatic heterocycles. The van der Waals surface area contributed by atoms with Gasteiger partial charge in [0.25, 0.3) is 0 Å². The molecule has 36 heavy (non-hydrogen) atoms. The summed E-state index contributed by atoms with van der Waals surface area (Å²) >= 11 is 0. The van der Waals surface area contributed by atoms with Gasteiger partial charge in [0.15, 0.2) is 0 Å². The van der Waals surface area contributed by atoms with E-state index in [9.17, 15) is 4.79 Å². The van der Waals surface area contributed by atoms with Crippen molar-refractivity contribution in [3.05, 3.63) is 126 Å². The van der Waals surface area contributed by atoms with E-state index in [1.54, 1.807) is 0 Å². The van der Waals surface area contributed by atoms with E-state index >= 15 is 0 Å². The molecule has 4 heteroatoms. The predicted octanol–water partition coefficient (Wildman–Crippen LogP) is 6.24. The zero-order chi connectivity index (χ0) is 24.6. The number of benzene rings is 4. The minimum absolute atomic E-state index is 0.0556. The minimum atomic E-state index is 0.0556. The Kier molecular flexibility index (Phi) is 7.52. The topological polar surface area (TPSA) is 46.9 Å². The Balaban J connectivity index is 1.14. The maximum Gasteiger partial charge on any atom is 0.224 e. The van der Waals surface area contributed by atoms with Gasteiger partial charge in [-0.25, -0.2) is 4.98 Å². The van der Waals surface area contributed by atoms with Gasteiger partial charge in [-0.3, -0.25) is 4.79 Å². The van der Waals surface area contributed by atoms with Crippen LogP contribution >= 0.6 is 0 Å². The molecule has 4 aromatic carbocycles. The van der Waals surface area contributed by atoms with E-state index in [0.29, 0.717) is 13.0 Å². The molecule has 0 bridgehead atoms. The molecule has 1 aromatic heterocycles. The first-order chi connectivity index (χ1) is 17.8. The summed E-state index contributed by atoms with van der Waals surface area (Å²) in [6.07, 6.45) is 3.04. The molecule has 0 saturated heterocycles. The molecule has 4 nitrogen and oxygen atoms in total. The SMILES string of the molecule is O=C(Cc1ccc(-c2ccccc2)cc1)NCCCc1nc2ccccc2n1CCc1ccccc1. The highest BCUT2D eigenvalue weighted by Gasteiger charge is 2.11. The van der Waals surface area contributed by atoms with E-state index in [-0.39, 0.29) is 5.91 Å². The summed E-state index contributed by atoms with van der Waals surface area (Å²) in [6, 6.07) is 37.4. The predicted molar refractivity (Wildman–Crippen MR) is 147 cm³/mol. The number of hydrogen-bond acceptors (Lipinski definition) is 2. The lowest BCUT2D eigenvalue weighted by Gasteiger charge is -2.10. The second-order valence-electron chi connectivity index (χ2n) is 9.10. The van der Waals surface area contributed by atoms with Crippen molar-refractivity contribution < 1.29 is 4.79 Å². The fourth-order valence-electron chi connectivity index (χ4n) is 4.62. The first kappa shape index (κ1) is 23.6. The molecule has 0 aliphatic carbocycles. The van der Waals surface area contributed by atoms with Gasteiger partial charge < -0.3 is 9.88 Å². The number of amides is 1. The van der Waals surface area contributed by atoms with Gasteiger partial charge in [0.05, 0.1) is 17.5 Å². The lowest BCUT2D eigenvalue weighted by molar-refractivity contribution is -0.120. The highest BCUT2D eigenvalue weighted by Crippen LogP contribution is 2.20. The Labute approximate surface area is 212 Å². The number of rotatable bonds is 10. The highest BCUT2D eigenvalue weighted by atomic mass is 16.1. The van der Waals surface area contributed by atoms with Crippen molar-refractivity contribution in [1.82, 2.24) is 14.9 Å². The van der Waals surface area contributed by atoms with Crippen LogP contribution in [0.15, 0.2) is 109 Å². The first-order valence-electron chi connectivity index (χ1n) is 12.7. The Bertz CT molecular complexity index is 1410. The number of aryl methyl sites for hydroxylation is 3. The van der Waals surface area contributed by atoms with Crippen molar-refractivity contribution in [3.63, 3.8) is 0 Å². The van der Waals surface area contributed by atoms with Gasteiger partial charge >= 0.3 is 0 Å². The van der Waals surface area contributed by atoms with E-state index in [4.69, 9.17) is 4.98 Å². The number of carbonyl (C=O) groups is 1. The molecule has 0 radical (unpaired) electrons. The van der Waals surface area contributed by atoms with Crippen molar-refractivity contribution in [2.45, 2.75) is 32.2 Å². The second-order valence-corrected chi connectivity index (χ2v) is 9.10. The smallest absolute Gasteiger partial charge is 0.224 e. The fraction of sp³-hybridized carbons (Fsp3) is 0.188. The Morgan fingerprint density at radius 2 is 1.36 bits per heavy atom. The normalized spacial score (nSPS) is 11.0. The number of fused-ring (bicyclic) bond motifs is 1. The van der Waals surface area contributed by atoms with Crippen LogP contribution in [0.2, 0.25) is 0 Å². The summed E-state index contributed by atoms with van der Waals surface area (Å²) < 4.78 is 2.33. The van der Waals surface area contributed by atoms with E-state index in [1.807, 2.05) is 36.4 Å². The number of nitrogens with zero attached hydrogens (tertiary/aromatic N) is 2. The van der Waals surface area contributed by atoms with Crippen LogP contribution in [0.1, 0.15) is 23.4 Å². The van der Waals surface area contributed by atoms with Crippen LogP contribution in [0, 0.1) is 0 Å². The number of imidazole rings is 1. The highest BCUT2D eigenvalue weighted by molar-refractivity contribution is 5.79. The van der Waals surface area contributed by atoms with Crippen LogP contribution in [-0.2, 0) is 30.6 Å². The van der Waals surface area contributed by atoms with Gasteiger partial charge in [0.1, 0.15) is 5.82 Å². The average molecular weight is 474 g/mol. The summed E-state index contributed by atoms with van der Waals surface area (Å²) in [5.41, 5.74) is 6.90. The Hall–Kier alpha value is -4.18. The van der Waals surface area contributed by atoms with Gasteiger partial charge in [0, 0.05) is 19.5 Å². The first-order valence-corrected chi connectivity index (χ1v) is 12.7. The van der Waals surface area contributed by atoms with Crippen molar-refractivity contribution in [3.8, 4) is 11.1 Å². The standard InChI is InChI=1S/C32H31N3O/c36-32(24-26-17-19-28(20-18-26)27-12-5-2-6-13-27)33-22-9-16-31-34-29-14-7-8-15-30(29)35(31)23-21-25-10-3-1-4-11-25/h1-8,10-15,17-20H,9,16,21-24H2,(H,33,36). The van der Waals surface area contributed by atoms with Crippen LogP contribution in [0.3, 0.4) is 0 Å². The van der Waals surface area contributed by atoms with Gasteiger partial charge in [-0.1, -0.05) is 97.1 Å². The molecule has 1 amide bonds. The lowest BCUT2D eigenvalue weighted by Crippen LogP contribution is -2.26. The van der Waals surface area contributed by atoms with Crippen LogP contribution in [0.5, 0.6) is 0 Å². The number of para-hydroxylation sites is 2. The van der Waals surface area contributed by atoms with E-state index in [1.165, 1.54) is 16.6 Å². The van der Waals surface area contributed by atoms with Gasteiger partial charge in [0.2, 0.25) is 5.91 Å². The van der Waals surface area contributed by atoms with Crippen LogP contribution in [0.25, 0.3) is 22.2 Å². The molecule has 0 fully saturated rings. The summed E-state index contributed by atoms with van der Waals surface area (Å²) in [7, 11) is 0. The Morgan fingerprint density at radius 3 is 2.14 bits per heavy atom. The quantitative estimate of drug-likeness (QED) is 0.244. The summed E-state index contributed by atoms with van der Waals surface area (Å²) in [5.74, 6) is 1.14. The van der Waals surface area contributed by atoms with Gasteiger partial charge in [-0.2, -0.15) is 0 Å². The monoisotopic (exact) mass is 473 g/mol. The maximum absolute atomic E-state index is 12.5. The molecule has 0 unspecified atom stereocenters. The van der Waals surface area contributed by atoms with Crippen LogP contribution in [0.4, 0.5) is 0 Å². The maximum atomic E-state index is 12.5. The van der Waals surface area contributed by atoms with Gasteiger partial charge in [-0.05, 0) is 47.2 Å². The fourth-order valence-corrected chi connectivity index (χ4v) is 4.62. The molecule has 0 atom stereocenters. The number of hydrogen-bond donors (Lipinski definition) is 1. The summed E-state index contributed by atoms with van der Waals surface area (Å²) in [5, 5.41) is 3.08. The van der Waals surface area contributed by atoms with Crippen LogP contribution in [-0.4, -0.2) is 22.0 Å². The Morgan fingerprint density at radius 1 is 0.694 bits per heavy atom. The van der Waals surface area contributed by atoms with Crippen molar-refractivity contribution >= 4 is 16.9 Å². The number of aromatic nitrogens is 2. The molecule has 0 saturated carbocycles. The van der Waals surface area contributed by atoms with Crippen molar-refractivity contribution in [1.29, 1.82) is 0 Å². The third-order valence-electron chi connectivity index (χ3n) is 6.53. The largest absolute Gasteiger partial charge is 0.356 e. The molecule has 0 spiro atoms. The zero-order valence-corrected chi connectivity index (χ0v) is 20.4. The second kappa shape index (κ2) is 11.5. The van der Waals surface area contributed by atoms with Gasteiger partial charge in [-0.15, -0.1) is 0 Å². The average Bonchev–Trinajstić information content (AvgIpc) is 3.29. The van der Waals surface area contributed by atoms with E-state index < -0.39 is 0 Å². The molecule has 1 heterocycles. The zero-order valence-electron chi connectivity index (χ0n) is 20.4. The van der Waals surface area contributed by atoms with E-state index in [0.717, 1.165) is 48.3 Å². The number of nitrogens with one attached hydrogen (secondary N) is 1. The summed E-state index contributed by atoms with van der Waals surface area (Å²) in [6.45, 7) is 1.54. The third-order valence-corrected chi connectivity index (χ3v) is 6.53. The molecule has 5 aromatic rings. The molecule has 1 N–H and O–H groups in total. The van der Waals surface area contributed by atoms with Crippen LogP contribution < -0.4 is 5.32 Å². The third kappa shape index (κ3) is 5.89.